The van der Waals surface area contributed by atoms with Crippen LogP contribution in [0.25, 0.3) is 0 Å². The molecule has 1 atom stereocenters. The molecule has 1 aromatic heterocycles. The molecule has 1 aromatic carbocycles. The van der Waals surface area contributed by atoms with Crippen molar-refractivity contribution in [1.29, 1.82) is 0 Å². The highest BCUT2D eigenvalue weighted by Gasteiger charge is 2.15. The number of anilines is 3. The maximum absolute atomic E-state index is 13.1. The number of nitrogens with zero attached hydrogens (tertiary/aromatic N) is 3. The number of nitrogens with one attached hydrogen (secondary N) is 2. The van der Waals surface area contributed by atoms with E-state index < -0.39 is 0 Å². The summed E-state index contributed by atoms with van der Waals surface area (Å²) in [4.78, 5) is 4.28. The van der Waals surface area contributed by atoms with Crippen LogP contribution < -0.4 is 10.6 Å². The summed E-state index contributed by atoms with van der Waals surface area (Å²) in [6.45, 7) is 1.51. The number of hydrogen-bond donors (Lipinski definition) is 2. The van der Waals surface area contributed by atoms with Crippen LogP contribution in [0.3, 0.4) is 0 Å². The number of rotatable bonds is 5. The lowest BCUT2D eigenvalue weighted by atomic mass is 10.2. The van der Waals surface area contributed by atoms with Gasteiger partial charge in [-0.1, -0.05) is 6.07 Å². The van der Waals surface area contributed by atoms with E-state index in [1.807, 2.05) is 0 Å². The minimum Gasteiger partial charge on any atom is -0.376 e. The molecule has 0 bridgehead atoms. The third kappa shape index (κ3) is 3.85. The molecule has 0 saturated carbocycles. The van der Waals surface area contributed by atoms with Crippen molar-refractivity contribution in [3.63, 3.8) is 0 Å². The summed E-state index contributed by atoms with van der Waals surface area (Å²) in [6, 6.07) is 6.10. The largest absolute Gasteiger partial charge is 0.376 e. The maximum Gasteiger partial charge on any atom is 0.249 e. The van der Waals surface area contributed by atoms with E-state index in [0.717, 1.165) is 19.4 Å². The Morgan fingerprint density at radius 1 is 1.38 bits per heavy atom. The van der Waals surface area contributed by atoms with E-state index in [4.69, 9.17) is 4.74 Å². The number of ether oxygens (including phenoxy) is 1. The molecule has 2 heterocycles. The van der Waals surface area contributed by atoms with Gasteiger partial charge in [0.05, 0.1) is 12.3 Å². The Hall–Kier alpha value is -2.28. The van der Waals surface area contributed by atoms with Crippen LogP contribution in [-0.4, -0.2) is 34.4 Å². The van der Waals surface area contributed by atoms with Crippen molar-refractivity contribution in [3.05, 3.63) is 36.3 Å². The van der Waals surface area contributed by atoms with Gasteiger partial charge >= 0.3 is 0 Å². The molecule has 0 aliphatic carbocycles. The zero-order valence-electron chi connectivity index (χ0n) is 11.4. The quantitative estimate of drug-likeness (QED) is 0.880. The second kappa shape index (κ2) is 6.45. The number of benzene rings is 1. The molecule has 0 spiro atoms. The van der Waals surface area contributed by atoms with Crippen molar-refractivity contribution in [2.45, 2.75) is 18.9 Å². The first-order chi connectivity index (χ1) is 10.3. The molecule has 110 valence electrons. The minimum absolute atomic E-state index is 0.222. The smallest absolute Gasteiger partial charge is 0.249 e. The number of halogens is 1. The summed E-state index contributed by atoms with van der Waals surface area (Å²) in [5.41, 5.74) is 0.577. The molecule has 3 rings (SSSR count). The first-order valence-electron chi connectivity index (χ1n) is 6.87. The van der Waals surface area contributed by atoms with E-state index in [9.17, 15) is 4.39 Å². The van der Waals surface area contributed by atoms with Gasteiger partial charge in [0.2, 0.25) is 5.95 Å². The summed E-state index contributed by atoms with van der Waals surface area (Å²) in [7, 11) is 0. The van der Waals surface area contributed by atoms with Gasteiger partial charge in [-0.3, -0.25) is 0 Å². The fourth-order valence-corrected chi connectivity index (χ4v) is 2.16. The molecule has 1 unspecified atom stereocenters. The molecular weight excluding hydrogens is 273 g/mol. The van der Waals surface area contributed by atoms with E-state index in [1.165, 1.54) is 12.1 Å². The van der Waals surface area contributed by atoms with Gasteiger partial charge in [-0.05, 0) is 31.0 Å². The SMILES string of the molecule is Fc1cccc(Nc2nncc(NCC3CCCO3)n2)c1. The first kappa shape index (κ1) is 13.7. The summed E-state index contributed by atoms with van der Waals surface area (Å²) in [5, 5.41) is 13.8. The zero-order chi connectivity index (χ0) is 14.5. The highest BCUT2D eigenvalue weighted by Crippen LogP contribution is 2.15. The average Bonchev–Trinajstić information content (AvgIpc) is 2.99. The fourth-order valence-electron chi connectivity index (χ4n) is 2.16. The van der Waals surface area contributed by atoms with E-state index in [1.54, 1.807) is 18.3 Å². The molecule has 1 aliphatic rings. The summed E-state index contributed by atoms with van der Waals surface area (Å²) in [6.07, 6.45) is 3.92. The molecule has 1 saturated heterocycles. The van der Waals surface area contributed by atoms with Crippen LogP contribution in [0.2, 0.25) is 0 Å². The molecule has 1 aliphatic heterocycles. The molecule has 1 fully saturated rings. The lowest BCUT2D eigenvalue weighted by molar-refractivity contribution is 0.120. The lowest BCUT2D eigenvalue weighted by Crippen LogP contribution is -2.19. The first-order valence-corrected chi connectivity index (χ1v) is 6.87. The van der Waals surface area contributed by atoms with Crippen molar-refractivity contribution in [2.75, 3.05) is 23.8 Å². The monoisotopic (exact) mass is 289 g/mol. The molecular formula is C14H16FN5O. The minimum atomic E-state index is -0.319. The molecule has 2 aromatic rings. The van der Waals surface area contributed by atoms with Gasteiger partial charge in [0.15, 0.2) is 5.82 Å². The summed E-state index contributed by atoms with van der Waals surface area (Å²) < 4.78 is 18.7. The van der Waals surface area contributed by atoms with Crippen LogP contribution in [0.15, 0.2) is 30.5 Å². The highest BCUT2D eigenvalue weighted by atomic mass is 19.1. The van der Waals surface area contributed by atoms with Crippen LogP contribution in [-0.2, 0) is 4.74 Å². The van der Waals surface area contributed by atoms with Crippen molar-refractivity contribution in [2.24, 2.45) is 0 Å². The van der Waals surface area contributed by atoms with E-state index in [0.29, 0.717) is 24.0 Å². The zero-order valence-corrected chi connectivity index (χ0v) is 11.4. The van der Waals surface area contributed by atoms with Crippen LogP contribution in [0, 0.1) is 5.82 Å². The lowest BCUT2D eigenvalue weighted by Gasteiger charge is -2.11. The van der Waals surface area contributed by atoms with Crippen LogP contribution >= 0.6 is 0 Å². The van der Waals surface area contributed by atoms with Gasteiger partial charge < -0.3 is 15.4 Å². The standard InChI is InChI=1S/C14H16FN5O/c15-10-3-1-4-11(7-10)18-14-19-13(9-17-20-14)16-8-12-5-2-6-21-12/h1,3-4,7,9,12H,2,5-6,8H2,(H2,16,18,19,20). The topological polar surface area (TPSA) is 72.0 Å². The Morgan fingerprint density at radius 2 is 2.33 bits per heavy atom. The third-order valence-electron chi connectivity index (χ3n) is 3.17. The van der Waals surface area contributed by atoms with Gasteiger partial charge in [-0.2, -0.15) is 10.1 Å². The van der Waals surface area contributed by atoms with E-state index in [2.05, 4.69) is 25.8 Å². The van der Waals surface area contributed by atoms with Gasteiger partial charge in [-0.15, -0.1) is 5.10 Å². The Kier molecular flexibility index (Phi) is 4.20. The Morgan fingerprint density at radius 3 is 3.14 bits per heavy atom. The van der Waals surface area contributed by atoms with Crippen LogP contribution in [0.5, 0.6) is 0 Å². The second-order valence-electron chi connectivity index (χ2n) is 4.82. The molecule has 7 heteroatoms. The summed E-state index contributed by atoms with van der Waals surface area (Å²) >= 11 is 0. The maximum atomic E-state index is 13.1. The number of aromatic nitrogens is 3. The van der Waals surface area contributed by atoms with E-state index >= 15 is 0 Å². The van der Waals surface area contributed by atoms with Crippen molar-refractivity contribution in [1.82, 2.24) is 15.2 Å². The Balaban J connectivity index is 1.62. The average molecular weight is 289 g/mol. The normalized spacial score (nSPS) is 17.7. The summed E-state index contributed by atoms with van der Waals surface area (Å²) in [5.74, 6) is 0.609. The van der Waals surface area contributed by atoms with Crippen molar-refractivity contribution >= 4 is 17.5 Å². The molecule has 2 N–H and O–H groups in total. The Labute approximate surface area is 121 Å². The molecule has 6 nitrogen and oxygen atoms in total. The second-order valence-corrected chi connectivity index (χ2v) is 4.82. The Bertz CT molecular complexity index is 603. The van der Waals surface area contributed by atoms with Gasteiger partial charge in [0.25, 0.3) is 0 Å². The van der Waals surface area contributed by atoms with Gasteiger partial charge in [-0.25, -0.2) is 4.39 Å². The predicted molar refractivity (Wildman–Crippen MR) is 77.0 cm³/mol. The van der Waals surface area contributed by atoms with Crippen molar-refractivity contribution < 1.29 is 9.13 Å². The predicted octanol–water partition coefficient (Wildman–Crippen LogP) is 2.35. The highest BCUT2D eigenvalue weighted by molar-refractivity contribution is 5.53. The molecule has 0 amide bonds. The van der Waals surface area contributed by atoms with Crippen molar-refractivity contribution in [3.8, 4) is 0 Å². The fraction of sp³-hybridized carbons (Fsp3) is 0.357. The van der Waals surface area contributed by atoms with Gasteiger partial charge in [0.1, 0.15) is 5.82 Å². The van der Waals surface area contributed by atoms with Crippen LogP contribution in [0.1, 0.15) is 12.8 Å². The molecule has 0 radical (unpaired) electrons. The van der Waals surface area contributed by atoms with E-state index in [-0.39, 0.29) is 11.9 Å². The third-order valence-corrected chi connectivity index (χ3v) is 3.17. The van der Waals surface area contributed by atoms with Crippen LogP contribution in [0.4, 0.5) is 21.8 Å². The number of hydrogen-bond acceptors (Lipinski definition) is 6. The molecule has 21 heavy (non-hydrogen) atoms. The van der Waals surface area contributed by atoms with Gasteiger partial charge in [0, 0.05) is 18.8 Å².